The minimum absolute atomic E-state index is 0.790. The summed E-state index contributed by atoms with van der Waals surface area (Å²) in [6, 6.07) is 6.45. The summed E-state index contributed by atoms with van der Waals surface area (Å²) in [5, 5.41) is 3.14. The number of aromatic amines is 1. The molecule has 0 aliphatic carbocycles. The van der Waals surface area contributed by atoms with Crippen LogP contribution in [-0.4, -0.2) is 21.4 Å². The molecule has 0 saturated carbocycles. The van der Waals surface area contributed by atoms with Crippen molar-refractivity contribution in [1.29, 1.82) is 0 Å². The first-order valence-corrected chi connectivity index (χ1v) is 6.86. The molecule has 0 unspecified atom stereocenters. The van der Waals surface area contributed by atoms with Crippen molar-refractivity contribution >= 4 is 32.7 Å². The van der Waals surface area contributed by atoms with E-state index in [2.05, 4.69) is 60.7 Å². The molecule has 0 bridgehead atoms. The largest absolute Gasteiger partial charge is 0.325 e. The Hall–Kier alpha value is -1.33. The Balaban J connectivity index is 2.27. The quantitative estimate of drug-likeness (QED) is 0.781. The molecule has 0 aliphatic heterocycles. The van der Waals surface area contributed by atoms with Crippen LogP contribution >= 0.6 is 15.9 Å². The Morgan fingerprint density at radius 2 is 2.28 bits per heavy atom. The fraction of sp³-hybridized carbons (Fsp3) is 0.308. The average molecular weight is 307 g/mol. The van der Waals surface area contributed by atoms with Gasteiger partial charge in [0.15, 0.2) is 0 Å². The van der Waals surface area contributed by atoms with Crippen molar-refractivity contribution in [2.75, 3.05) is 7.05 Å². The van der Waals surface area contributed by atoms with Crippen molar-refractivity contribution in [2.24, 2.45) is 0 Å². The van der Waals surface area contributed by atoms with Crippen molar-refractivity contribution in [1.82, 2.24) is 19.7 Å². The minimum atomic E-state index is 0.790. The lowest BCUT2D eigenvalue weighted by atomic mass is 10.1. The molecule has 94 valence electrons. The predicted octanol–water partition coefficient (Wildman–Crippen LogP) is 2.86. The van der Waals surface area contributed by atoms with Crippen LogP contribution in [0.2, 0.25) is 0 Å². The first-order chi connectivity index (χ1) is 8.74. The van der Waals surface area contributed by atoms with Crippen molar-refractivity contribution in [3.8, 4) is 0 Å². The molecule has 0 saturated heterocycles. The second-order valence-electron chi connectivity index (χ2n) is 4.37. The molecular weight excluding hydrogens is 292 g/mol. The maximum absolute atomic E-state index is 4.64. The molecule has 3 aromatic rings. The number of imidazole rings is 2. The van der Waals surface area contributed by atoms with Crippen molar-refractivity contribution in [3.63, 3.8) is 0 Å². The first-order valence-electron chi connectivity index (χ1n) is 6.06. The van der Waals surface area contributed by atoms with Crippen LogP contribution < -0.4 is 5.32 Å². The van der Waals surface area contributed by atoms with Crippen LogP contribution in [0.1, 0.15) is 18.2 Å². The van der Waals surface area contributed by atoms with Gasteiger partial charge in [0.25, 0.3) is 0 Å². The lowest BCUT2D eigenvalue weighted by molar-refractivity contribution is 0.793. The molecule has 18 heavy (non-hydrogen) atoms. The van der Waals surface area contributed by atoms with Crippen LogP contribution in [-0.2, 0) is 13.0 Å². The molecule has 0 aliphatic rings. The second kappa shape index (κ2) is 4.40. The summed E-state index contributed by atoms with van der Waals surface area (Å²) in [6.07, 6.45) is 1.04. The molecule has 3 rings (SSSR count). The minimum Gasteiger partial charge on any atom is -0.325 e. The van der Waals surface area contributed by atoms with E-state index in [9.17, 15) is 0 Å². The number of nitrogens with zero attached hydrogens (tertiary/aromatic N) is 2. The summed E-state index contributed by atoms with van der Waals surface area (Å²) in [5.41, 5.74) is 4.60. The van der Waals surface area contributed by atoms with E-state index < -0.39 is 0 Å². The zero-order valence-corrected chi connectivity index (χ0v) is 12.0. The van der Waals surface area contributed by atoms with Crippen LogP contribution in [0, 0.1) is 0 Å². The molecule has 0 spiro atoms. The number of aryl methyl sites for hydroxylation is 1. The number of hydrogen-bond acceptors (Lipinski definition) is 2. The number of rotatable bonds is 3. The van der Waals surface area contributed by atoms with E-state index >= 15 is 0 Å². The molecular formula is C13H15BrN4. The van der Waals surface area contributed by atoms with Crippen LogP contribution in [0.25, 0.3) is 16.8 Å². The first kappa shape index (κ1) is 11.7. The molecule has 0 atom stereocenters. The Kier molecular flexibility index (Phi) is 2.87. The third-order valence-electron chi connectivity index (χ3n) is 3.19. The highest BCUT2D eigenvalue weighted by Gasteiger charge is 2.13. The number of nitrogens with one attached hydrogen (secondary N) is 2. The predicted molar refractivity (Wildman–Crippen MR) is 76.9 cm³/mol. The zero-order chi connectivity index (χ0) is 12.7. The smallest absolute Gasteiger partial charge is 0.213 e. The van der Waals surface area contributed by atoms with E-state index in [-0.39, 0.29) is 0 Å². The normalized spacial score (nSPS) is 11.7. The summed E-state index contributed by atoms with van der Waals surface area (Å²) in [4.78, 5) is 7.97. The Labute approximate surface area is 114 Å². The van der Waals surface area contributed by atoms with Gasteiger partial charge in [-0.15, -0.1) is 0 Å². The molecule has 2 N–H and O–H groups in total. The van der Waals surface area contributed by atoms with Crippen molar-refractivity contribution in [3.05, 3.63) is 34.1 Å². The molecule has 0 fully saturated rings. The van der Waals surface area contributed by atoms with Crippen LogP contribution in [0.3, 0.4) is 0 Å². The monoisotopic (exact) mass is 306 g/mol. The number of fused-ring (bicyclic) bond motifs is 3. The standard InChI is InChI=1S/C13H15BrN4/c1-3-8-4-5-11-9(6-8)16-13-17-10(7-15-2)12(14)18(11)13/h4-6,15H,3,7H2,1-2H3,(H,16,17). The molecule has 4 nitrogen and oxygen atoms in total. The molecule has 2 aromatic heterocycles. The van der Waals surface area contributed by atoms with Crippen LogP contribution in [0.5, 0.6) is 0 Å². The van der Waals surface area contributed by atoms with Crippen molar-refractivity contribution in [2.45, 2.75) is 19.9 Å². The summed E-state index contributed by atoms with van der Waals surface area (Å²) < 4.78 is 3.15. The van der Waals surface area contributed by atoms with Gasteiger partial charge >= 0.3 is 0 Å². The van der Waals surface area contributed by atoms with Gasteiger partial charge in [0, 0.05) is 6.54 Å². The van der Waals surface area contributed by atoms with Gasteiger partial charge in [-0.2, -0.15) is 0 Å². The van der Waals surface area contributed by atoms with Gasteiger partial charge in [0.2, 0.25) is 5.78 Å². The zero-order valence-electron chi connectivity index (χ0n) is 10.4. The highest BCUT2D eigenvalue weighted by molar-refractivity contribution is 9.10. The Morgan fingerprint density at radius 1 is 1.44 bits per heavy atom. The lowest BCUT2D eigenvalue weighted by Gasteiger charge is -1.99. The van der Waals surface area contributed by atoms with E-state index in [1.54, 1.807) is 0 Å². The summed E-state index contributed by atoms with van der Waals surface area (Å²) in [6.45, 7) is 2.95. The number of halogens is 1. The van der Waals surface area contributed by atoms with Gasteiger partial charge in [-0.05, 0) is 47.1 Å². The number of benzene rings is 1. The number of hydrogen-bond donors (Lipinski definition) is 2. The van der Waals surface area contributed by atoms with Gasteiger partial charge in [0.1, 0.15) is 4.60 Å². The van der Waals surface area contributed by atoms with Gasteiger partial charge in [0.05, 0.1) is 16.7 Å². The molecule has 5 heteroatoms. The topological polar surface area (TPSA) is 45.1 Å². The fourth-order valence-electron chi connectivity index (χ4n) is 2.24. The lowest BCUT2D eigenvalue weighted by Crippen LogP contribution is -2.05. The van der Waals surface area contributed by atoms with Gasteiger partial charge in [-0.25, -0.2) is 4.98 Å². The van der Waals surface area contributed by atoms with Gasteiger partial charge in [-0.1, -0.05) is 13.0 Å². The highest BCUT2D eigenvalue weighted by Crippen LogP contribution is 2.25. The highest BCUT2D eigenvalue weighted by atomic mass is 79.9. The van der Waals surface area contributed by atoms with E-state index in [0.717, 1.165) is 40.1 Å². The Bertz CT molecular complexity index is 710. The van der Waals surface area contributed by atoms with E-state index in [4.69, 9.17) is 0 Å². The van der Waals surface area contributed by atoms with E-state index in [0.29, 0.717) is 0 Å². The molecule has 2 heterocycles. The van der Waals surface area contributed by atoms with Crippen LogP contribution in [0.4, 0.5) is 0 Å². The fourth-order valence-corrected chi connectivity index (χ4v) is 2.84. The van der Waals surface area contributed by atoms with Crippen molar-refractivity contribution < 1.29 is 0 Å². The van der Waals surface area contributed by atoms with E-state index in [1.807, 2.05) is 7.05 Å². The summed E-state index contributed by atoms with van der Waals surface area (Å²) in [5.74, 6) is 0.885. The molecule has 1 aromatic carbocycles. The maximum Gasteiger partial charge on any atom is 0.213 e. The summed E-state index contributed by atoms with van der Waals surface area (Å²) >= 11 is 3.64. The number of aromatic nitrogens is 3. The maximum atomic E-state index is 4.64. The third kappa shape index (κ3) is 1.66. The van der Waals surface area contributed by atoms with Gasteiger partial charge in [-0.3, -0.25) is 4.40 Å². The second-order valence-corrected chi connectivity index (χ2v) is 5.12. The molecule has 0 amide bonds. The average Bonchev–Trinajstić information content (AvgIpc) is 2.87. The number of H-pyrrole nitrogens is 1. The SMILES string of the molecule is CCc1ccc2c(c1)nc1[nH]c(CNC)c(Br)n12. The third-order valence-corrected chi connectivity index (χ3v) is 4.02. The van der Waals surface area contributed by atoms with E-state index in [1.165, 1.54) is 5.56 Å². The van der Waals surface area contributed by atoms with Gasteiger partial charge < -0.3 is 10.3 Å². The Morgan fingerprint density at radius 3 is 3.00 bits per heavy atom. The van der Waals surface area contributed by atoms with Crippen LogP contribution in [0.15, 0.2) is 22.8 Å². The summed E-state index contributed by atoms with van der Waals surface area (Å²) in [7, 11) is 1.93. The molecule has 0 radical (unpaired) electrons.